The van der Waals surface area contributed by atoms with Crippen molar-refractivity contribution >= 4 is 11.3 Å². The first-order chi connectivity index (χ1) is 12.3. The summed E-state index contributed by atoms with van der Waals surface area (Å²) >= 11 is 1.77. The number of imidazole rings is 1. The summed E-state index contributed by atoms with van der Waals surface area (Å²) in [5.74, 6) is 1.04. The number of pyridine rings is 1. The highest BCUT2D eigenvalue weighted by atomic mass is 32.1. The second kappa shape index (κ2) is 6.05. The zero-order valence-electron chi connectivity index (χ0n) is 14.0. The summed E-state index contributed by atoms with van der Waals surface area (Å²) in [6, 6.07) is 8.45. The van der Waals surface area contributed by atoms with Crippen LogP contribution in [0.1, 0.15) is 17.8 Å². The summed E-state index contributed by atoms with van der Waals surface area (Å²) in [6.45, 7) is 4.50. The van der Waals surface area contributed by atoms with E-state index in [2.05, 4.69) is 49.1 Å². The lowest BCUT2D eigenvalue weighted by atomic mass is 10.0. The van der Waals surface area contributed by atoms with Crippen LogP contribution in [0.15, 0.2) is 48.2 Å². The molecule has 1 saturated heterocycles. The maximum atomic E-state index is 6.32. The van der Waals surface area contributed by atoms with Crippen molar-refractivity contribution in [3.8, 4) is 10.6 Å². The Labute approximate surface area is 150 Å². The molecule has 5 heterocycles. The van der Waals surface area contributed by atoms with E-state index in [-0.39, 0.29) is 5.60 Å². The number of hydrogen-bond donors (Lipinski definition) is 0. The number of likely N-dealkylation sites (tertiary alicyclic amines) is 1. The molecule has 1 atom stereocenters. The molecule has 6 heteroatoms. The van der Waals surface area contributed by atoms with Gasteiger partial charge in [-0.05, 0) is 35.6 Å². The normalized spacial score (nSPS) is 23.2. The van der Waals surface area contributed by atoms with Crippen molar-refractivity contribution in [1.29, 1.82) is 0 Å². The number of nitrogens with zero attached hydrogens (tertiary/aromatic N) is 4. The van der Waals surface area contributed by atoms with Gasteiger partial charge in [0.05, 0.1) is 23.3 Å². The fraction of sp³-hybridized carbons (Fsp3) is 0.368. The third kappa shape index (κ3) is 2.80. The zero-order valence-corrected chi connectivity index (χ0v) is 14.8. The van der Waals surface area contributed by atoms with Crippen LogP contribution >= 0.6 is 11.3 Å². The quantitative estimate of drug-likeness (QED) is 0.726. The van der Waals surface area contributed by atoms with E-state index in [4.69, 9.17) is 4.74 Å². The standard InChI is InChI=1S/C19H20N4OS/c1-2-17(25-9-1)16-10-21-18-12-24-19(14-23(16)18)5-8-22(13-19)11-15-3-6-20-7-4-15/h1-4,6-7,9-10H,5,8,11-14H2. The second-order valence-electron chi connectivity index (χ2n) is 6.91. The van der Waals surface area contributed by atoms with E-state index in [9.17, 15) is 0 Å². The lowest BCUT2D eigenvalue weighted by Crippen LogP contribution is -2.44. The van der Waals surface area contributed by atoms with Crippen molar-refractivity contribution in [2.75, 3.05) is 13.1 Å². The molecular weight excluding hydrogens is 332 g/mol. The van der Waals surface area contributed by atoms with E-state index >= 15 is 0 Å². The smallest absolute Gasteiger partial charge is 0.135 e. The van der Waals surface area contributed by atoms with E-state index in [1.165, 1.54) is 16.1 Å². The number of aromatic nitrogens is 3. The van der Waals surface area contributed by atoms with Crippen molar-refractivity contribution in [3.63, 3.8) is 0 Å². The Morgan fingerprint density at radius 2 is 2.12 bits per heavy atom. The number of rotatable bonds is 3. The zero-order chi connectivity index (χ0) is 16.7. The molecule has 128 valence electrons. The minimum absolute atomic E-state index is 0.0905. The Kier molecular flexibility index (Phi) is 3.69. The first kappa shape index (κ1) is 15.3. The average Bonchev–Trinajstić information content (AvgIpc) is 3.36. The molecule has 0 N–H and O–H groups in total. The van der Waals surface area contributed by atoms with Gasteiger partial charge in [-0.2, -0.15) is 0 Å². The first-order valence-corrected chi connectivity index (χ1v) is 9.53. The maximum Gasteiger partial charge on any atom is 0.135 e. The van der Waals surface area contributed by atoms with Crippen molar-refractivity contribution in [3.05, 3.63) is 59.6 Å². The minimum atomic E-state index is -0.0905. The molecule has 0 saturated carbocycles. The van der Waals surface area contributed by atoms with Crippen LogP contribution in [0.5, 0.6) is 0 Å². The highest BCUT2D eigenvalue weighted by Gasteiger charge is 2.43. The summed E-state index contributed by atoms with van der Waals surface area (Å²) in [4.78, 5) is 12.5. The highest BCUT2D eigenvalue weighted by Crippen LogP contribution is 2.36. The molecule has 3 aromatic rings. The van der Waals surface area contributed by atoms with Gasteiger partial charge in [0.15, 0.2) is 0 Å². The monoisotopic (exact) mass is 352 g/mol. The lowest BCUT2D eigenvalue weighted by molar-refractivity contribution is -0.0821. The second-order valence-corrected chi connectivity index (χ2v) is 7.86. The molecule has 0 radical (unpaired) electrons. The molecule has 0 bridgehead atoms. The Morgan fingerprint density at radius 3 is 2.96 bits per heavy atom. The molecule has 5 nitrogen and oxygen atoms in total. The minimum Gasteiger partial charge on any atom is -0.364 e. The summed E-state index contributed by atoms with van der Waals surface area (Å²) < 4.78 is 8.68. The van der Waals surface area contributed by atoms with Crippen molar-refractivity contribution in [2.24, 2.45) is 0 Å². The van der Waals surface area contributed by atoms with Gasteiger partial charge >= 0.3 is 0 Å². The predicted molar refractivity (Wildman–Crippen MR) is 97.2 cm³/mol. The average molecular weight is 352 g/mol. The fourth-order valence-electron chi connectivity index (χ4n) is 3.93. The molecule has 25 heavy (non-hydrogen) atoms. The molecule has 3 aromatic heterocycles. The van der Waals surface area contributed by atoms with Gasteiger partial charge in [-0.15, -0.1) is 11.3 Å². The van der Waals surface area contributed by atoms with E-state index in [0.29, 0.717) is 6.61 Å². The fourth-order valence-corrected chi connectivity index (χ4v) is 4.68. The largest absolute Gasteiger partial charge is 0.364 e. The first-order valence-electron chi connectivity index (χ1n) is 8.65. The summed E-state index contributed by atoms with van der Waals surface area (Å²) in [7, 11) is 0. The molecule has 1 unspecified atom stereocenters. The van der Waals surface area contributed by atoms with Gasteiger partial charge in [-0.1, -0.05) is 6.07 Å². The van der Waals surface area contributed by atoms with Crippen LogP contribution < -0.4 is 0 Å². The van der Waals surface area contributed by atoms with Crippen LogP contribution in [-0.4, -0.2) is 38.1 Å². The van der Waals surface area contributed by atoms with Crippen LogP contribution in [-0.2, 0) is 24.4 Å². The molecule has 5 rings (SSSR count). The van der Waals surface area contributed by atoms with Crippen LogP contribution in [0.2, 0.25) is 0 Å². The Hall–Kier alpha value is -2.02. The van der Waals surface area contributed by atoms with Crippen LogP contribution in [0.3, 0.4) is 0 Å². The third-order valence-electron chi connectivity index (χ3n) is 5.22. The van der Waals surface area contributed by atoms with E-state index in [1.54, 1.807) is 11.3 Å². The summed E-state index contributed by atoms with van der Waals surface area (Å²) in [6.07, 6.45) is 6.79. The van der Waals surface area contributed by atoms with Crippen molar-refractivity contribution < 1.29 is 4.74 Å². The van der Waals surface area contributed by atoms with Crippen molar-refractivity contribution in [2.45, 2.75) is 31.7 Å². The molecule has 2 aliphatic rings. The Balaban J connectivity index is 1.36. The molecule has 1 spiro atoms. The van der Waals surface area contributed by atoms with Gasteiger partial charge in [-0.3, -0.25) is 9.88 Å². The number of thiophene rings is 1. The Morgan fingerprint density at radius 1 is 1.20 bits per heavy atom. The number of hydrogen-bond acceptors (Lipinski definition) is 5. The van der Waals surface area contributed by atoms with Gasteiger partial charge in [0, 0.05) is 32.0 Å². The van der Waals surface area contributed by atoms with Gasteiger partial charge in [0.25, 0.3) is 0 Å². The van der Waals surface area contributed by atoms with Gasteiger partial charge in [0.2, 0.25) is 0 Å². The molecule has 1 fully saturated rings. The number of ether oxygens (including phenoxy) is 1. The van der Waals surface area contributed by atoms with Crippen LogP contribution in [0, 0.1) is 0 Å². The van der Waals surface area contributed by atoms with Crippen LogP contribution in [0.25, 0.3) is 10.6 Å². The third-order valence-corrected chi connectivity index (χ3v) is 6.11. The van der Waals surface area contributed by atoms with Crippen molar-refractivity contribution in [1.82, 2.24) is 19.4 Å². The van der Waals surface area contributed by atoms with E-state index in [0.717, 1.165) is 38.4 Å². The molecule has 0 aliphatic carbocycles. The predicted octanol–water partition coefficient (Wildman–Crippen LogP) is 3.18. The van der Waals surface area contributed by atoms with Gasteiger partial charge in [-0.25, -0.2) is 4.98 Å². The summed E-state index contributed by atoms with van der Waals surface area (Å²) in [5.41, 5.74) is 2.44. The van der Waals surface area contributed by atoms with E-state index in [1.807, 2.05) is 18.6 Å². The SMILES string of the molecule is c1csc(-c2cnc3n2CC2(CCN(Cc4ccncc4)C2)OC3)c1. The molecule has 0 aromatic carbocycles. The number of fused-ring (bicyclic) bond motifs is 1. The summed E-state index contributed by atoms with van der Waals surface area (Å²) in [5, 5.41) is 2.12. The van der Waals surface area contributed by atoms with Crippen LogP contribution in [0.4, 0.5) is 0 Å². The van der Waals surface area contributed by atoms with Gasteiger partial charge < -0.3 is 9.30 Å². The highest BCUT2D eigenvalue weighted by molar-refractivity contribution is 7.13. The lowest BCUT2D eigenvalue weighted by Gasteiger charge is -2.35. The van der Waals surface area contributed by atoms with Gasteiger partial charge in [0.1, 0.15) is 18.0 Å². The molecule has 0 amide bonds. The molecular formula is C19H20N4OS. The maximum absolute atomic E-state index is 6.32. The Bertz CT molecular complexity index is 861. The topological polar surface area (TPSA) is 43.2 Å². The molecule has 2 aliphatic heterocycles. The van der Waals surface area contributed by atoms with E-state index < -0.39 is 0 Å².